The summed E-state index contributed by atoms with van der Waals surface area (Å²) in [7, 11) is 0. The van der Waals surface area contributed by atoms with Gasteiger partial charge in [-0.3, -0.25) is 4.79 Å². The monoisotopic (exact) mass is 566 g/mol. The van der Waals surface area contributed by atoms with Gasteiger partial charge in [0.15, 0.2) is 11.5 Å². The number of halogens is 1. The maximum absolute atomic E-state index is 12.8. The number of hydrogen-bond donors (Lipinski definition) is 1. The third kappa shape index (κ3) is 6.61. The van der Waals surface area contributed by atoms with Crippen molar-refractivity contribution in [2.75, 3.05) is 11.9 Å². The summed E-state index contributed by atoms with van der Waals surface area (Å²) in [4.78, 5) is 12.8. The maximum Gasteiger partial charge on any atom is 0.266 e. The van der Waals surface area contributed by atoms with Crippen LogP contribution in [-0.4, -0.2) is 12.5 Å². The zero-order valence-corrected chi connectivity index (χ0v) is 21.7. The Balaban J connectivity index is 1.85. The second-order valence-electron chi connectivity index (χ2n) is 7.67. The van der Waals surface area contributed by atoms with Gasteiger partial charge >= 0.3 is 0 Å². The summed E-state index contributed by atoms with van der Waals surface area (Å²) in [5.74, 6) is 0.762. The van der Waals surface area contributed by atoms with Crippen LogP contribution in [0.5, 0.6) is 11.5 Å². The van der Waals surface area contributed by atoms with Crippen LogP contribution in [0, 0.1) is 21.8 Å². The molecular formula is C28H27IN2O3. The minimum atomic E-state index is -0.448. The highest BCUT2D eigenvalue weighted by atomic mass is 127. The predicted octanol–water partition coefficient (Wildman–Crippen LogP) is 6.69. The first-order valence-electron chi connectivity index (χ1n) is 11.1. The highest BCUT2D eigenvalue weighted by Crippen LogP contribution is 2.35. The Morgan fingerprint density at radius 1 is 1.09 bits per heavy atom. The molecule has 0 radical (unpaired) electrons. The van der Waals surface area contributed by atoms with E-state index >= 15 is 0 Å². The van der Waals surface area contributed by atoms with E-state index in [9.17, 15) is 10.1 Å². The van der Waals surface area contributed by atoms with Crippen molar-refractivity contribution >= 4 is 40.3 Å². The third-order valence-electron chi connectivity index (χ3n) is 5.16. The lowest BCUT2D eigenvalue weighted by atomic mass is 10.1. The average molecular weight is 566 g/mol. The fourth-order valence-corrected chi connectivity index (χ4v) is 4.15. The van der Waals surface area contributed by atoms with Crippen LogP contribution in [0.25, 0.3) is 6.08 Å². The van der Waals surface area contributed by atoms with Gasteiger partial charge in [0.1, 0.15) is 18.2 Å². The summed E-state index contributed by atoms with van der Waals surface area (Å²) < 4.78 is 12.7. The number of anilines is 1. The molecule has 1 N–H and O–H groups in total. The van der Waals surface area contributed by atoms with Crippen LogP contribution in [0.15, 0.2) is 66.2 Å². The van der Waals surface area contributed by atoms with Crippen molar-refractivity contribution in [3.63, 3.8) is 0 Å². The number of carbonyl (C=O) groups is 1. The van der Waals surface area contributed by atoms with Crippen LogP contribution < -0.4 is 14.8 Å². The molecule has 174 valence electrons. The molecule has 0 saturated carbocycles. The van der Waals surface area contributed by atoms with Crippen LogP contribution >= 0.6 is 22.6 Å². The lowest BCUT2D eigenvalue weighted by Gasteiger charge is -2.15. The van der Waals surface area contributed by atoms with E-state index in [4.69, 9.17) is 9.47 Å². The van der Waals surface area contributed by atoms with Gasteiger partial charge < -0.3 is 14.8 Å². The zero-order valence-electron chi connectivity index (χ0n) is 19.5. The number of nitriles is 1. The highest BCUT2D eigenvalue weighted by Gasteiger charge is 2.15. The van der Waals surface area contributed by atoms with Gasteiger partial charge in [-0.05, 0) is 83.8 Å². The van der Waals surface area contributed by atoms with Gasteiger partial charge in [0.05, 0.1) is 10.2 Å². The number of amides is 1. The molecule has 0 unspecified atom stereocenters. The normalized spacial score (nSPS) is 11.0. The van der Waals surface area contributed by atoms with Gasteiger partial charge in [-0.25, -0.2) is 0 Å². The molecule has 1 amide bonds. The fourth-order valence-electron chi connectivity index (χ4n) is 3.37. The van der Waals surface area contributed by atoms with Gasteiger partial charge in [0.25, 0.3) is 5.91 Å². The number of carbonyl (C=O) groups excluding carboxylic acids is 1. The van der Waals surface area contributed by atoms with Crippen molar-refractivity contribution in [2.24, 2.45) is 0 Å². The molecule has 3 rings (SSSR count). The Kier molecular flexibility index (Phi) is 9.11. The Morgan fingerprint density at radius 2 is 1.82 bits per heavy atom. The summed E-state index contributed by atoms with van der Waals surface area (Å²) in [5.41, 5.74) is 4.67. The fraction of sp³-hybridized carbons (Fsp3) is 0.214. The standard InChI is InChI=1S/C28H27IN2O3/c1-4-22-8-6-7-9-25(22)31-28(32)23(17-30)14-21-15-24(29)27(26(16-21)33-5-2)34-18-20-12-10-19(3)11-13-20/h6-16H,4-5,18H2,1-3H3,(H,31,32)/b23-14+. The Bertz CT molecular complexity index is 1230. The third-order valence-corrected chi connectivity index (χ3v) is 5.96. The number of nitrogens with one attached hydrogen (secondary N) is 1. The van der Waals surface area contributed by atoms with E-state index in [1.54, 1.807) is 12.1 Å². The van der Waals surface area contributed by atoms with Gasteiger partial charge in [-0.15, -0.1) is 0 Å². The van der Waals surface area contributed by atoms with E-state index in [1.165, 1.54) is 5.56 Å². The summed E-state index contributed by atoms with van der Waals surface area (Å²) in [6.07, 6.45) is 2.35. The lowest BCUT2D eigenvalue weighted by Crippen LogP contribution is -2.14. The number of para-hydroxylation sites is 1. The lowest BCUT2D eigenvalue weighted by molar-refractivity contribution is -0.112. The largest absolute Gasteiger partial charge is 0.490 e. The Morgan fingerprint density at radius 3 is 2.50 bits per heavy atom. The summed E-state index contributed by atoms with van der Waals surface area (Å²) >= 11 is 2.19. The molecule has 0 spiro atoms. The summed E-state index contributed by atoms with van der Waals surface area (Å²) in [6, 6.07) is 21.4. The molecule has 0 aliphatic carbocycles. The molecule has 5 nitrogen and oxygen atoms in total. The predicted molar refractivity (Wildman–Crippen MR) is 144 cm³/mol. The Labute approximate surface area is 214 Å². The molecule has 0 aromatic heterocycles. The van der Waals surface area contributed by atoms with Crippen molar-refractivity contribution in [2.45, 2.75) is 33.8 Å². The molecular weight excluding hydrogens is 539 g/mol. The first kappa shape index (κ1) is 25.3. The Hall–Kier alpha value is -3.31. The van der Waals surface area contributed by atoms with Crippen molar-refractivity contribution < 1.29 is 14.3 Å². The van der Waals surface area contributed by atoms with Crippen LogP contribution in [0.1, 0.15) is 36.1 Å². The summed E-state index contributed by atoms with van der Waals surface area (Å²) in [5, 5.41) is 12.5. The van der Waals surface area contributed by atoms with Crippen LogP contribution in [0.2, 0.25) is 0 Å². The number of ether oxygens (including phenoxy) is 2. The second-order valence-corrected chi connectivity index (χ2v) is 8.83. The number of aryl methyl sites for hydroxylation is 2. The van der Waals surface area contributed by atoms with Crippen molar-refractivity contribution in [1.29, 1.82) is 5.26 Å². The molecule has 34 heavy (non-hydrogen) atoms. The molecule has 3 aromatic rings. The summed E-state index contributed by atoms with van der Waals surface area (Å²) in [6.45, 7) is 6.84. The van der Waals surface area contributed by atoms with E-state index in [2.05, 4.69) is 27.9 Å². The van der Waals surface area contributed by atoms with Gasteiger partial charge in [-0.1, -0.05) is 55.0 Å². The highest BCUT2D eigenvalue weighted by molar-refractivity contribution is 14.1. The zero-order chi connectivity index (χ0) is 24.5. The molecule has 6 heteroatoms. The van der Waals surface area contributed by atoms with Crippen molar-refractivity contribution in [3.05, 3.63) is 92.1 Å². The smallest absolute Gasteiger partial charge is 0.266 e. The first-order chi connectivity index (χ1) is 16.4. The molecule has 0 atom stereocenters. The minimum Gasteiger partial charge on any atom is -0.490 e. The molecule has 0 saturated heterocycles. The quantitative estimate of drug-likeness (QED) is 0.178. The minimum absolute atomic E-state index is 0.0116. The second kappa shape index (κ2) is 12.2. The van der Waals surface area contributed by atoms with E-state index in [1.807, 2.05) is 81.4 Å². The molecule has 0 bridgehead atoms. The number of rotatable bonds is 9. The van der Waals surface area contributed by atoms with E-state index < -0.39 is 5.91 Å². The SMILES string of the molecule is CCOc1cc(/C=C(\C#N)C(=O)Nc2ccccc2CC)cc(I)c1OCc1ccc(C)cc1. The van der Waals surface area contributed by atoms with Gasteiger partial charge in [0.2, 0.25) is 0 Å². The number of nitrogens with zero attached hydrogens (tertiary/aromatic N) is 1. The molecule has 0 aliphatic heterocycles. The molecule has 0 fully saturated rings. The molecule has 0 aliphatic rings. The molecule has 0 heterocycles. The van der Waals surface area contributed by atoms with Gasteiger partial charge in [-0.2, -0.15) is 5.26 Å². The van der Waals surface area contributed by atoms with Crippen LogP contribution in [-0.2, 0) is 17.8 Å². The molecule has 3 aromatic carbocycles. The van der Waals surface area contributed by atoms with Crippen molar-refractivity contribution in [1.82, 2.24) is 0 Å². The van der Waals surface area contributed by atoms with Crippen LogP contribution in [0.3, 0.4) is 0 Å². The van der Waals surface area contributed by atoms with Crippen molar-refractivity contribution in [3.8, 4) is 17.6 Å². The average Bonchev–Trinajstić information content (AvgIpc) is 2.83. The van der Waals surface area contributed by atoms with Crippen LogP contribution in [0.4, 0.5) is 5.69 Å². The number of benzene rings is 3. The van der Waals surface area contributed by atoms with Gasteiger partial charge in [0, 0.05) is 5.69 Å². The van der Waals surface area contributed by atoms with E-state index in [0.717, 1.165) is 21.1 Å². The topological polar surface area (TPSA) is 71.3 Å². The number of hydrogen-bond acceptors (Lipinski definition) is 4. The van der Waals surface area contributed by atoms with E-state index in [0.29, 0.717) is 36.0 Å². The maximum atomic E-state index is 12.8. The first-order valence-corrected chi connectivity index (χ1v) is 12.2. The van der Waals surface area contributed by atoms with E-state index in [-0.39, 0.29) is 5.57 Å².